The molecule has 2 amide bonds. The first kappa shape index (κ1) is 24.4. The van der Waals surface area contributed by atoms with Crippen LogP contribution in [0.4, 0.5) is 0 Å². The van der Waals surface area contributed by atoms with Gasteiger partial charge in [-0.25, -0.2) is 0 Å². The maximum absolute atomic E-state index is 13.1. The van der Waals surface area contributed by atoms with E-state index in [2.05, 4.69) is 24.4 Å². The number of carbonyl (C=O) groups is 2. The summed E-state index contributed by atoms with van der Waals surface area (Å²) in [4.78, 5) is 28.6. The molecular formula is C28H34N2O3S. The first-order valence-electron chi connectivity index (χ1n) is 12.2. The molecule has 180 valence electrons. The maximum Gasteiger partial charge on any atom is 0.260 e. The van der Waals surface area contributed by atoms with Gasteiger partial charge in [-0.15, -0.1) is 11.8 Å². The van der Waals surface area contributed by atoms with Gasteiger partial charge in [-0.1, -0.05) is 42.0 Å². The number of rotatable bonds is 7. The molecule has 5 nitrogen and oxygen atoms in total. The second-order valence-corrected chi connectivity index (χ2v) is 10.5. The molecule has 2 aromatic rings. The van der Waals surface area contributed by atoms with E-state index >= 15 is 0 Å². The monoisotopic (exact) mass is 478 g/mol. The first-order chi connectivity index (χ1) is 16.4. The first-order valence-corrected chi connectivity index (χ1v) is 13.0. The third-order valence-electron chi connectivity index (χ3n) is 6.72. The average molecular weight is 479 g/mol. The van der Waals surface area contributed by atoms with E-state index in [1.165, 1.54) is 11.1 Å². The van der Waals surface area contributed by atoms with Crippen molar-refractivity contribution in [1.82, 2.24) is 10.2 Å². The van der Waals surface area contributed by atoms with Crippen LogP contribution in [0.2, 0.25) is 0 Å². The van der Waals surface area contributed by atoms with Crippen LogP contribution in [-0.4, -0.2) is 48.2 Å². The van der Waals surface area contributed by atoms with Gasteiger partial charge in [0.05, 0.1) is 11.5 Å². The minimum Gasteiger partial charge on any atom is -0.494 e. The lowest BCUT2D eigenvalue weighted by molar-refractivity contribution is -0.131. The molecule has 34 heavy (non-hydrogen) atoms. The molecule has 0 bridgehead atoms. The Labute approximate surface area is 206 Å². The second-order valence-electron chi connectivity index (χ2n) is 9.19. The number of aryl methyl sites for hydroxylation is 1. The lowest BCUT2D eigenvalue weighted by atomic mass is 9.83. The molecule has 3 unspecified atom stereocenters. The highest BCUT2D eigenvalue weighted by Gasteiger charge is 2.42. The Morgan fingerprint density at radius 3 is 2.74 bits per heavy atom. The van der Waals surface area contributed by atoms with Crippen LogP contribution in [0.5, 0.6) is 5.75 Å². The van der Waals surface area contributed by atoms with E-state index in [-0.39, 0.29) is 23.8 Å². The predicted octanol–water partition coefficient (Wildman–Crippen LogP) is 4.84. The number of thioether (sulfide) groups is 1. The molecule has 1 heterocycles. The number of benzene rings is 2. The number of hydrogen-bond donors (Lipinski definition) is 1. The van der Waals surface area contributed by atoms with Gasteiger partial charge in [0.1, 0.15) is 5.75 Å². The fourth-order valence-electron chi connectivity index (χ4n) is 4.84. The molecule has 0 spiro atoms. The zero-order valence-electron chi connectivity index (χ0n) is 20.3. The van der Waals surface area contributed by atoms with Gasteiger partial charge in [-0.05, 0) is 68.9 Å². The Kier molecular flexibility index (Phi) is 7.99. The van der Waals surface area contributed by atoms with Crippen LogP contribution in [0, 0.1) is 12.8 Å². The fourth-order valence-corrected chi connectivity index (χ4v) is 6.32. The Bertz CT molecular complexity index is 1050. The van der Waals surface area contributed by atoms with E-state index in [0.29, 0.717) is 18.4 Å². The van der Waals surface area contributed by atoms with Gasteiger partial charge < -0.3 is 15.0 Å². The van der Waals surface area contributed by atoms with Crippen molar-refractivity contribution in [2.24, 2.45) is 5.92 Å². The minimum absolute atomic E-state index is 0.0419. The summed E-state index contributed by atoms with van der Waals surface area (Å²) >= 11 is 1.69. The summed E-state index contributed by atoms with van der Waals surface area (Å²) in [5.41, 5.74) is 3.42. The van der Waals surface area contributed by atoms with E-state index in [4.69, 9.17) is 4.74 Å². The lowest BCUT2D eigenvalue weighted by Gasteiger charge is -2.44. The van der Waals surface area contributed by atoms with Crippen LogP contribution in [0.25, 0.3) is 6.08 Å². The number of likely N-dealkylation sites (N-methyl/N-ethyl adjacent to an activating group) is 1. The fraction of sp³-hybridized carbons (Fsp3) is 0.429. The SMILES string of the molecule is CCOc1ccc(CCNC(=O)C2CCC3S/C(=C/c4cccc(C)c4)C(=O)N(C)C3C2)cc1. The standard InChI is InChI=1S/C28H34N2O3S/c1-4-33-23-11-8-20(9-12-23)14-15-29-27(31)22-10-13-25-24(18-22)30(3)28(32)26(34-25)17-21-7-5-6-19(2)16-21/h5-9,11-12,16-17,22,24-25H,4,10,13-15,18H2,1-3H3,(H,29,31)/b26-17+. The smallest absolute Gasteiger partial charge is 0.260 e. The number of ether oxygens (including phenoxy) is 1. The molecule has 1 saturated carbocycles. The molecule has 2 aliphatic rings. The van der Waals surface area contributed by atoms with Gasteiger partial charge in [0.2, 0.25) is 5.91 Å². The van der Waals surface area contributed by atoms with Gasteiger partial charge in [-0.3, -0.25) is 9.59 Å². The molecule has 1 N–H and O–H groups in total. The van der Waals surface area contributed by atoms with Crippen LogP contribution in [-0.2, 0) is 16.0 Å². The summed E-state index contributed by atoms with van der Waals surface area (Å²) in [6.07, 6.45) is 5.33. The molecule has 2 fully saturated rings. The minimum atomic E-state index is -0.0419. The van der Waals surface area contributed by atoms with Crippen LogP contribution in [0.1, 0.15) is 42.9 Å². The van der Waals surface area contributed by atoms with Gasteiger partial charge in [0, 0.05) is 30.8 Å². The van der Waals surface area contributed by atoms with E-state index in [9.17, 15) is 9.59 Å². The number of amides is 2. The molecule has 1 aliphatic carbocycles. The Morgan fingerprint density at radius 2 is 2.00 bits per heavy atom. The van der Waals surface area contributed by atoms with Gasteiger partial charge >= 0.3 is 0 Å². The molecule has 4 rings (SSSR count). The third-order valence-corrected chi connectivity index (χ3v) is 8.12. The van der Waals surface area contributed by atoms with Crippen molar-refractivity contribution < 1.29 is 14.3 Å². The Balaban J connectivity index is 1.31. The van der Waals surface area contributed by atoms with Crippen molar-refractivity contribution in [2.75, 3.05) is 20.2 Å². The third kappa shape index (κ3) is 5.84. The van der Waals surface area contributed by atoms with Crippen molar-refractivity contribution in [2.45, 2.75) is 50.8 Å². The molecule has 6 heteroatoms. The molecule has 0 aromatic heterocycles. The highest BCUT2D eigenvalue weighted by molar-refractivity contribution is 8.04. The Morgan fingerprint density at radius 1 is 1.21 bits per heavy atom. The molecule has 3 atom stereocenters. The summed E-state index contributed by atoms with van der Waals surface area (Å²) in [7, 11) is 1.88. The van der Waals surface area contributed by atoms with Crippen molar-refractivity contribution in [3.8, 4) is 5.75 Å². The van der Waals surface area contributed by atoms with E-state index in [0.717, 1.165) is 41.9 Å². The number of fused-ring (bicyclic) bond motifs is 1. The van der Waals surface area contributed by atoms with Crippen LogP contribution in [0.15, 0.2) is 53.4 Å². The summed E-state index contributed by atoms with van der Waals surface area (Å²) in [5, 5.41) is 3.46. The zero-order chi connectivity index (χ0) is 24.1. The van der Waals surface area contributed by atoms with E-state index in [1.54, 1.807) is 11.8 Å². The number of nitrogens with zero attached hydrogens (tertiary/aromatic N) is 1. The molecule has 1 aliphatic heterocycles. The van der Waals surface area contributed by atoms with E-state index < -0.39 is 0 Å². The van der Waals surface area contributed by atoms with Crippen molar-refractivity contribution in [3.05, 3.63) is 70.1 Å². The van der Waals surface area contributed by atoms with Crippen molar-refractivity contribution >= 4 is 29.7 Å². The average Bonchev–Trinajstić information content (AvgIpc) is 2.83. The maximum atomic E-state index is 13.1. The normalized spacial score (nSPS) is 23.5. The molecule has 0 radical (unpaired) electrons. The van der Waals surface area contributed by atoms with Gasteiger partial charge in [0.25, 0.3) is 5.91 Å². The quantitative estimate of drug-likeness (QED) is 0.579. The van der Waals surface area contributed by atoms with Crippen LogP contribution >= 0.6 is 11.8 Å². The number of hydrogen-bond acceptors (Lipinski definition) is 4. The highest BCUT2D eigenvalue weighted by Crippen LogP contribution is 2.43. The molecule has 1 saturated heterocycles. The lowest BCUT2D eigenvalue weighted by Crippen LogP contribution is -2.52. The highest BCUT2D eigenvalue weighted by atomic mass is 32.2. The summed E-state index contributed by atoms with van der Waals surface area (Å²) < 4.78 is 5.48. The van der Waals surface area contributed by atoms with Crippen molar-refractivity contribution in [3.63, 3.8) is 0 Å². The largest absolute Gasteiger partial charge is 0.494 e. The zero-order valence-corrected chi connectivity index (χ0v) is 21.1. The second kappa shape index (κ2) is 11.1. The van der Waals surface area contributed by atoms with E-state index in [1.807, 2.05) is 61.3 Å². The number of carbonyl (C=O) groups excluding carboxylic acids is 2. The summed E-state index contributed by atoms with van der Waals surface area (Å²) in [5.74, 6) is 0.994. The summed E-state index contributed by atoms with van der Waals surface area (Å²) in [6.45, 7) is 5.30. The van der Waals surface area contributed by atoms with Gasteiger partial charge in [-0.2, -0.15) is 0 Å². The predicted molar refractivity (Wildman–Crippen MR) is 139 cm³/mol. The molecular weight excluding hydrogens is 444 g/mol. The molecule has 2 aromatic carbocycles. The van der Waals surface area contributed by atoms with Gasteiger partial charge in [0.15, 0.2) is 0 Å². The number of nitrogens with one attached hydrogen (secondary N) is 1. The topological polar surface area (TPSA) is 58.6 Å². The summed E-state index contributed by atoms with van der Waals surface area (Å²) in [6, 6.07) is 16.3. The Hall–Kier alpha value is -2.73. The van der Waals surface area contributed by atoms with Crippen molar-refractivity contribution in [1.29, 1.82) is 0 Å². The van der Waals surface area contributed by atoms with Crippen LogP contribution < -0.4 is 10.1 Å². The van der Waals surface area contributed by atoms with Crippen LogP contribution in [0.3, 0.4) is 0 Å².